The number of aryl methyl sites for hydroxylation is 1. The highest BCUT2D eigenvalue weighted by Crippen LogP contribution is 2.34. The number of nitrogens with one attached hydrogen (secondary N) is 1. The number of carbonyl (C=O) groups is 1. The third-order valence-electron chi connectivity index (χ3n) is 4.56. The lowest BCUT2D eigenvalue weighted by Crippen LogP contribution is -2.33. The molecule has 7 nitrogen and oxygen atoms in total. The molecule has 2 heterocycles. The number of hydrogen-bond acceptors (Lipinski definition) is 6. The van der Waals surface area contributed by atoms with Crippen LogP contribution in [0.3, 0.4) is 0 Å². The summed E-state index contributed by atoms with van der Waals surface area (Å²) in [6.45, 7) is 3.51. The first-order valence-electron chi connectivity index (χ1n) is 9.77. The van der Waals surface area contributed by atoms with Gasteiger partial charge in [-0.1, -0.05) is 47.6 Å². The highest BCUT2D eigenvalue weighted by atomic mass is 16.6. The predicted octanol–water partition coefficient (Wildman–Crippen LogP) is 3.91. The Morgan fingerprint density at radius 2 is 1.90 bits per heavy atom. The average molecular weight is 405 g/mol. The van der Waals surface area contributed by atoms with Crippen LogP contribution in [-0.4, -0.2) is 37.4 Å². The summed E-state index contributed by atoms with van der Waals surface area (Å²) in [5, 5.41) is 6.59. The Balaban J connectivity index is 1.51. The van der Waals surface area contributed by atoms with Crippen molar-refractivity contribution in [2.24, 2.45) is 0 Å². The topological polar surface area (TPSA) is 76.8 Å². The van der Waals surface area contributed by atoms with Crippen LogP contribution in [0, 0.1) is 6.92 Å². The number of hydrogen-bond donors (Lipinski definition) is 1. The SMILES string of the molecule is Cc1cc(NC(=O)CN(C/C=C/c2ccccc2)c2ccc3c(c2)OCCO3)no1. The van der Waals surface area contributed by atoms with Gasteiger partial charge in [-0.25, -0.2) is 0 Å². The average Bonchev–Trinajstić information content (AvgIpc) is 3.17. The molecule has 1 aromatic heterocycles. The van der Waals surface area contributed by atoms with E-state index >= 15 is 0 Å². The molecule has 7 heteroatoms. The van der Waals surface area contributed by atoms with Crippen molar-refractivity contribution in [3.63, 3.8) is 0 Å². The minimum absolute atomic E-state index is 0.144. The lowest BCUT2D eigenvalue weighted by molar-refractivity contribution is -0.115. The van der Waals surface area contributed by atoms with E-state index in [1.165, 1.54) is 0 Å². The Kier molecular flexibility index (Phi) is 5.98. The van der Waals surface area contributed by atoms with Crippen LogP contribution in [0.2, 0.25) is 0 Å². The molecule has 0 unspecified atom stereocenters. The molecule has 3 aromatic rings. The monoisotopic (exact) mass is 405 g/mol. The molecule has 0 saturated heterocycles. The maximum absolute atomic E-state index is 12.6. The van der Waals surface area contributed by atoms with E-state index in [2.05, 4.69) is 10.5 Å². The number of rotatable bonds is 7. The van der Waals surface area contributed by atoms with Gasteiger partial charge in [0.05, 0.1) is 6.54 Å². The quantitative estimate of drug-likeness (QED) is 0.642. The van der Waals surface area contributed by atoms with Crippen molar-refractivity contribution >= 4 is 23.5 Å². The number of nitrogens with zero attached hydrogens (tertiary/aromatic N) is 2. The molecule has 1 aliphatic rings. The molecule has 4 rings (SSSR count). The van der Waals surface area contributed by atoms with Crippen LogP contribution in [0.4, 0.5) is 11.5 Å². The standard InChI is InChI=1S/C23H23N3O4/c1-17-14-22(25-30-17)24-23(27)16-26(11-5-8-18-6-3-2-4-7-18)19-9-10-20-21(15-19)29-13-12-28-20/h2-10,14-15H,11-13,16H2,1H3,(H,24,25,27)/b8-5+. The van der Waals surface area contributed by atoms with E-state index in [-0.39, 0.29) is 12.5 Å². The van der Waals surface area contributed by atoms with Gasteiger partial charge < -0.3 is 24.2 Å². The summed E-state index contributed by atoms with van der Waals surface area (Å²) in [4.78, 5) is 14.6. The molecule has 0 atom stereocenters. The number of anilines is 2. The van der Waals surface area contributed by atoms with Crippen molar-refractivity contribution in [3.05, 3.63) is 72.0 Å². The van der Waals surface area contributed by atoms with Gasteiger partial charge in [-0.15, -0.1) is 0 Å². The molecule has 0 fully saturated rings. The van der Waals surface area contributed by atoms with Gasteiger partial charge in [-0.2, -0.15) is 0 Å². The van der Waals surface area contributed by atoms with Gasteiger partial charge in [0.1, 0.15) is 19.0 Å². The van der Waals surface area contributed by atoms with Gasteiger partial charge in [-0.3, -0.25) is 4.79 Å². The Bertz CT molecular complexity index is 1030. The molecule has 0 radical (unpaired) electrons. The second kappa shape index (κ2) is 9.17. The van der Waals surface area contributed by atoms with Crippen molar-refractivity contribution in [1.82, 2.24) is 5.16 Å². The number of ether oxygens (including phenoxy) is 2. The molecule has 2 aromatic carbocycles. The molecule has 1 N–H and O–H groups in total. The largest absolute Gasteiger partial charge is 0.486 e. The fraction of sp³-hybridized carbons (Fsp3) is 0.217. The summed E-state index contributed by atoms with van der Waals surface area (Å²) < 4.78 is 16.3. The molecular weight excluding hydrogens is 382 g/mol. The van der Waals surface area contributed by atoms with E-state index < -0.39 is 0 Å². The first-order chi connectivity index (χ1) is 14.7. The molecule has 0 spiro atoms. The Hall–Kier alpha value is -3.74. The third kappa shape index (κ3) is 5.00. The van der Waals surface area contributed by atoms with Crippen molar-refractivity contribution in [2.75, 3.05) is 36.5 Å². The fourth-order valence-electron chi connectivity index (χ4n) is 3.15. The van der Waals surface area contributed by atoms with Crippen molar-refractivity contribution in [3.8, 4) is 11.5 Å². The highest BCUT2D eigenvalue weighted by Gasteiger charge is 2.17. The maximum atomic E-state index is 12.6. The van der Waals surface area contributed by atoms with Gasteiger partial charge in [0.15, 0.2) is 17.3 Å². The van der Waals surface area contributed by atoms with Gasteiger partial charge in [0.2, 0.25) is 5.91 Å². The summed E-state index contributed by atoms with van der Waals surface area (Å²) in [6, 6.07) is 17.4. The van der Waals surface area contributed by atoms with Crippen LogP contribution in [0.1, 0.15) is 11.3 Å². The number of carbonyl (C=O) groups excluding carboxylic acids is 1. The zero-order valence-electron chi connectivity index (χ0n) is 16.7. The molecule has 0 aliphatic carbocycles. The first kappa shape index (κ1) is 19.6. The molecule has 0 bridgehead atoms. The van der Waals surface area contributed by atoms with E-state index in [9.17, 15) is 4.79 Å². The van der Waals surface area contributed by atoms with Gasteiger partial charge in [0.25, 0.3) is 0 Å². The van der Waals surface area contributed by atoms with Gasteiger partial charge in [-0.05, 0) is 24.6 Å². The summed E-state index contributed by atoms with van der Waals surface area (Å²) in [6.07, 6.45) is 4.06. The van der Waals surface area contributed by atoms with E-state index in [4.69, 9.17) is 14.0 Å². The summed E-state index contributed by atoms with van der Waals surface area (Å²) in [7, 11) is 0. The van der Waals surface area contributed by atoms with E-state index in [1.807, 2.05) is 65.6 Å². The highest BCUT2D eigenvalue weighted by molar-refractivity contribution is 5.93. The zero-order valence-corrected chi connectivity index (χ0v) is 16.7. The number of fused-ring (bicyclic) bond motifs is 1. The number of benzene rings is 2. The normalized spacial score (nSPS) is 12.7. The molecular formula is C23H23N3O4. The molecule has 0 saturated carbocycles. The van der Waals surface area contributed by atoms with Crippen LogP contribution in [-0.2, 0) is 4.79 Å². The summed E-state index contributed by atoms with van der Waals surface area (Å²) >= 11 is 0. The van der Waals surface area contributed by atoms with E-state index in [0.717, 1.165) is 11.3 Å². The fourth-order valence-corrected chi connectivity index (χ4v) is 3.15. The van der Waals surface area contributed by atoms with Crippen LogP contribution in [0.5, 0.6) is 11.5 Å². The summed E-state index contributed by atoms with van der Waals surface area (Å²) in [5.74, 6) is 2.25. The Labute approximate surface area is 174 Å². The van der Waals surface area contributed by atoms with Crippen LogP contribution >= 0.6 is 0 Å². The second-order valence-corrected chi connectivity index (χ2v) is 6.89. The van der Waals surface area contributed by atoms with Gasteiger partial charge in [0, 0.05) is 24.4 Å². The molecule has 30 heavy (non-hydrogen) atoms. The van der Waals surface area contributed by atoms with E-state index in [1.54, 1.807) is 13.0 Å². The Morgan fingerprint density at radius 3 is 2.67 bits per heavy atom. The Morgan fingerprint density at radius 1 is 1.10 bits per heavy atom. The van der Waals surface area contributed by atoms with Crippen LogP contribution in [0.25, 0.3) is 6.08 Å². The van der Waals surface area contributed by atoms with Crippen molar-refractivity contribution in [2.45, 2.75) is 6.92 Å². The molecule has 1 amide bonds. The van der Waals surface area contributed by atoms with Crippen molar-refractivity contribution in [1.29, 1.82) is 0 Å². The molecule has 154 valence electrons. The second-order valence-electron chi connectivity index (χ2n) is 6.89. The van der Waals surface area contributed by atoms with Crippen LogP contribution in [0.15, 0.2) is 65.2 Å². The predicted molar refractivity (Wildman–Crippen MR) is 115 cm³/mol. The maximum Gasteiger partial charge on any atom is 0.245 e. The van der Waals surface area contributed by atoms with Gasteiger partial charge >= 0.3 is 0 Å². The lowest BCUT2D eigenvalue weighted by atomic mass is 10.2. The van der Waals surface area contributed by atoms with Crippen molar-refractivity contribution < 1.29 is 18.8 Å². The zero-order chi connectivity index (χ0) is 20.8. The molecule has 1 aliphatic heterocycles. The summed E-state index contributed by atoms with van der Waals surface area (Å²) in [5.41, 5.74) is 1.96. The smallest absolute Gasteiger partial charge is 0.245 e. The number of aromatic nitrogens is 1. The number of amides is 1. The minimum Gasteiger partial charge on any atom is -0.486 e. The minimum atomic E-state index is -0.189. The lowest BCUT2D eigenvalue weighted by Gasteiger charge is -2.25. The van der Waals surface area contributed by atoms with Crippen LogP contribution < -0.4 is 19.7 Å². The van der Waals surface area contributed by atoms with E-state index in [0.29, 0.717) is 42.8 Å². The first-order valence-corrected chi connectivity index (χ1v) is 9.77. The third-order valence-corrected chi connectivity index (χ3v) is 4.56.